The van der Waals surface area contributed by atoms with Crippen LogP contribution in [0, 0.1) is 0 Å². The predicted molar refractivity (Wildman–Crippen MR) is 23.8 cm³/mol. The summed E-state index contributed by atoms with van der Waals surface area (Å²) in [5, 5.41) is 0. The van der Waals surface area contributed by atoms with E-state index in [4.69, 9.17) is 8.42 Å². The zero-order valence-electron chi connectivity index (χ0n) is 2.67. The fourth-order valence-corrected chi connectivity index (χ4v) is 0. The summed E-state index contributed by atoms with van der Waals surface area (Å²) < 4.78 is 16.6. The van der Waals surface area contributed by atoms with Gasteiger partial charge >= 0.3 is 11.6 Å². The molecule has 0 aromatic heterocycles. The molecule has 0 fully saturated rings. The maximum absolute atomic E-state index is 8.29. The molecule has 32 valence electrons. The summed E-state index contributed by atoms with van der Waals surface area (Å²) in [5.74, 6) is 0. The SMILES string of the molecule is CS.O=S=O. The van der Waals surface area contributed by atoms with E-state index in [-0.39, 0.29) is 0 Å². The number of hydrogen-bond acceptors (Lipinski definition) is 3. The van der Waals surface area contributed by atoms with E-state index in [1.807, 2.05) is 0 Å². The van der Waals surface area contributed by atoms with E-state index in [0.717, 1.165) is 0 Å². The topological polar surface area (TPSA) is 34.1 Å². The van der Waals surface area contributed by atoms with Crippen LogP contribution >= 0.6 is 12.6 Å². The lowest BCUT2D eigenvalue weighted by atomic mass is 12.0. The van der Waals surface area contributed by atoms with Gasteiger partial charge in [0.1, 0.15) is 0 Å². The molecule has 0 saturated heterocycles. The molecule has 5 heavy (non-hydrogen) atoms. The third kappa shape index (κ3) is 679. The van der Waals surface area contributed by atoms with Crippen molar-refractivity contribution in [2.75, 3.05) is 6.26 Å². The summed E-state index contributed by atoms with van der Waals surface area (Å²) in [5.41, 5.74) is 0. The van der Waals surface area contributed by atoms with Gasteiger partial charge in [-0.15, -0.1) is 0 Å². The number of hydrogen-bond donors (Lipinski definition) is 1. The average molecular weight is 112 g/mol. The lowest BCUT2D eigenvalue weighted by Gasteiger charge is -1.11. The van der Waals surface area contributed by atoms with Gasteiger partial charge in [-0.3, -0.25) is 0 Å². The second-order valence-electron chi connectivity index (χ2n) is 0.0680. The van der Waals surface area contributed by atoms with Gasteiger partial charge in [-0.1, -0.05) is 0 Å². The van der Waals surface area contributed by atoms with Crippen molar-refractivity contribution in [1.82, 2.24) is 0 Å². The molecule has 0 radical (unpaired) electrons. The van der Waals surface area contributed by atoms with Crippen LogP contribution < -0.4 is 0 Å². The van der Waals surface area contributed by atoms with E-state index in [2.05, 4.69) is 12.6 Å². The molecule has 0 saturated carbocycles. The summed E-state index contributed by atoms with van der Waals surface area (Å²) in [6.45, 7) is 0. The van der Waals surface area contributed by atoms with Gasteiger partial charge in [0.2, 0.25) is 0 Å². The monoisotopic (exact) mass is 112 g/mol. The molecule has 0 aromatic rings. The smallest absolute Gasteiger partial charge is 0.183 e. The van der Waals surface area contributed by atoms with Gasteiger partial charge < -0.3 is 0 Å². The highest BCUT2D eigenvalue weighted by Crippen LogP contribution is 1.31. The molecule has 2 nitrogen and oxygen atoms in total. The largest absolute Gasteiger partial charge is 0.335 e. The molecule has 0 unspecified atom stereocenters. The van der Waals surface area contributed by atoms with Gasteiger partial charge in [0.15, 0.2) is 0 Å². The molecule has 0 spiro atoms. The van der Waals surface area contributed by atoms with E-state index in [1.165, 1.54) is 0 Å². The molecule has 0 bridgehead atoms. The minimum absolute atomic E-state index is 0.750. The van der Waals surface area contributed by atoms with E-state index >= 15 is 0 Å². The normalized spacial score (nSPS) is 3.60. The van der Waals surface area contributed by atoms with Gasteiger partial charge in [0.05, 0.1) is 0 Å². The molecule has 0 rings (SSSR count). The van der Waals surface area contributed by atoms with Crippen molar-refractivity contribution in [3.05, 3.63) is 0 Å². The van der Waals surface area contributed by atoms with Crippen LogP contribution in [0.3, 0.4) is 0 Å². The van der Waals surface area contributed by atoms with Crippen molar-refractivity contribution in [3.8, 4) is 0 Å². The molecule has 0 atom stereocenters. The Balaban J connectivity index is 0. The Kier molecular flexibility index (Phi) is 54.8. The third-order valence-corrected chi connectivity index (χ3v) is 0. The van der Waals surface area contributed by atoms with Gasteiger partial charge in [-0.25, -0.2) is 0 Å². The van der Waals surface area contributed by atoms with Crippen LogP contribution in [0.2, 0.25) is 0 Å². The molecule has 4 heteroatoms. The van der Waals surface area contributed by atoms with Crippen molar-refractivity contribution in [2.45, 2.75) is 0 Å². The summed E-state index contributed by atoms with van der Waals surface area (Å²) in [4.78, 5) is 0. The van der Waals surface area contributed by atoms with Crippen LogP contribution in [-0.4, -0.2) is 14.7 Å². The number of thiol groups is 1. The second-order valence-corrected chi connectivity index (χ2v) is 0.204. The highest BCUT2D eigenvalue weighted by Gasteiger charge is 1.12. The van der Waals surface area contributed by atoms with E-state index in [9.17, 15) is 0 Å². The lowest BCUT2D eigenvalue weighted by Crippen LogP contribution is -1.18. The molecule has 0 amide bonds. The van der Waals surface area contributed by atoms with Crippen LogP contribution in [0.1, 0.15) is 0 Å². The minimum atomic E-state index is -0.750. The fourth-order valence-electron chi connectivity index (χ4n) is 0. The Morgan fingerprint density at radius 3 is 1.40 bits per heavy atom. The molecule has 0 aliphatic heterocycles. The van der Waals surface area contributed by atoms with Gasteiger partial charge in [0, 0.05) is 0 Å². The summed E-state index contributed by atoms with van der Waals surface area (Å²) >= 11 is 2.78. The first-order valence-corrected chi connectivity index (χ1v) is 2.34. The first-order valence-electron chi connectivity index (χ1n) is 0.781. The number of rotatable bonds is 0. The molecule has 0 aliphatic rings. The second kappa shape index (κ2) is 30.6. The zero-order chi connectivity index (χ0) is 4.71. The van der Waals surface area contributed by atoms with Crippen LogP contribution in [0.25, 0.3) is 0 Å². The molecular formula is CH4O2S2. The van der Waals surface area contributed by atoms with Crippen molar-refractivity contribution in [1.29, 1.82) is 0 Å². The minimum Gasteiger partial charge on any atom is -0.183 e. The lowest BCUT2D eigenvalue weighted by molar-refractivity contribution is 0.630. The van der Waals surface area contributed by atoms with Crippen molar-refractivity contribution >= 4 is 24.2 Å². The first-order chi connectivity index (χ1) is 2.41. The molecule has 0 aromatic carbocycles. The Morgan fingerprint density at radius 1 is 1.40 bits per heavy atom. The Bertz CT molecular complexity index is 28.6. The van der Waals surface area contributed by atoms with E-state index in [1.54, 1.807) is 6.26 Å². The molecule has 0 aliphatic carbocycles. The molecular weight excluding hydrogens is 108 g/mol. The van der Waals surface area contributed by atoms with Crippen molar-refractivity contribution in [3.63, 3.8) is 0 Å². The van der Waals surface area contributed by atoms with E-state index in [0.29, 0.717) is 0 Å². The first kappa shape index (κ1) is 8.95. The summed E-state index contributed by atoms with van der Waals surface area (Å²) in [6.07, 6.45) is 1.69. The standard InChI is InChI=1S/CH4S.O2S/c1-2;1-3-2/h2H,1H3;. The van der Waals surface area contributed by atoms with Crippen molar-refractivity contribution < 1.29 is 8.42 Å². The van der Waals surface area contributed by atoms with Gasteiger partial charge in [-0.05, 0) is 6.26 Å². The summed E-state index contributed by atoms with van der Waals surface area (Å²) in [7, 11) is 0. The summed E-state index contributed by atoms with van der Waals surface area (Å²) in [6, 6.07) is 0. The van der Waals surface area contributed by atoms with Crippen LogP contribution in [0.5, 0.6) is 0 Å². The Labute approximate surface area is 39.6 Å². The zero-order valence-corrected chi connectivity index (χ0v) is 4.38. The maximum Gasteiger partial charge on any atom is 0.335 e. The van der Waals surface area contributed by atoms with Crippen LogP contribution in [0.4, 0.5) is 0 Å². The predicted octanol–water partition coefficient (Wildman–Crippen LogP) is -0.124. The van der Waals surface area contributed by atoms with Crippen molar-refractivity contribution in [2.24, 2.45) is 0 Å². The quantitative estimate of drug-likeness (QED) is 0.443. The van der Waals surface area contributed by atoms with Crippen LogP contribution in [0.15, 0.2) is 0 Å². The van der Waals surface area contributed by atoms with E-state index < -0.39 is 11.6 Å². The maximum atomic E-state index is 8.29. The highest BCUT2D eigenvalue weighted by molar-refractivity contribution is 7.79. The van der Waals surface area contributed by atoms with Crippen LogP contribution in [-0.2, 0) is 11.6 Å². The molecule has 0 N–H and O–H groups in total. The highest BCUT2D eigenvalue weighted by atomic mass is 32.1. The Hall–Kier alpha value is 0.170. The van der Waals surface area contributed by atoms with Gasteiger partial charge in [-0.2, -0.15) is 21.0 Å². The van der Waals surface area contributed by atoms with Gasteiger partial charge in [0.25, 0.3) is 0 Å². The third-order valence-electron chi connectivity index (χ3n) is 0. The molecule has 0 heterocycles. The Morgan fingerprint density at radius 2 is 1.40 bits per heavy atom. The fraction of sp³-hybridized carbons (Fsp3) is 1.00. The average Bonchev–Trinajstić information content (AvgIpc) is 1.46.